The first-order chi connectivity index (χ1) is 12.8. The summed E-state index contributed by atoms with van der Waals surface area (Å²) < 4.78 is 0. The minimum atomic E-state index is -0.649. The summed E-state index contributed by atoms with van der Waals surface area (Å²) in [6, 6.07) is 10.1. The molecule has 0 atom stereocenters. The van der Waals surface area contributed by atoms with Crippen molar-refractivity contribution in [2.75, 3.05) is 5.32 Å². The summed E-state index contributed by atoms with van der Waals surface area (Å²) in [7, 11) is 0. The first-order valence-electron chi connectivity index (χ1n) is 7.50. The van der Waals surface area contributed by atoms with Gasteiger partial charge in [-0.15, -0.1) is 0 Å². The smallest absolute Gasteiger partial charge is 0.287 e. The van der Waals surface area contributed by atoms with Gasteiger partial charge < -0.3 is 10.7 Å². The van der Waals surface area contributed by atoms with E-state index in [1.165, 1.54) is 12.1 Å². The van der Waals surface area contributed by atoms with E-state index in [4.69, 9.17) is 23.2 Å². The number of nitrogens with one attached hydrogen (secondary N) is 3. The Bertz CT molecular complexity index is 900. The molecule has 8 nitrogen and oxygen atoms in total. The molecule has 3 N–H and O–H groups in total. The molecule has 0 aliphatic heterocycles. The number of nitrogens with zero attached hydrogens (tertiary/aromatic N) is 1. The van der Waals surface area contributed by atoms with Crippen LogP contribution in [-0.4, -0.2) is 16.7 Å². The van der Waals surface area contributed by atoms with Crippen LogP contribution < -0.4 is 16.2 Å². The third-order valence-electron chi connectivity index (χ3n) is 3.26. The highest BCUT2D eigenvalue weighted by Gasteiger charge is 2.15. The molecule has 140 valence electrons. The Hall–Kier alpha value is -3.10. The monoisotopic (exact) mass is 408 g/mol. The second-order valence-electron chi connectivity index (χ2n) is 5.34. The van der Waals surface area contributed by atoms with Crippen LogP contribution in [0.2, 0.25) is 10.0 Å². The van der Waals surface area contributed by atoms with Crippen molar-refractivity contribution in [3.63, 3.8) is 0 Å². The highest BCUT2D eigenvalue weighted by atomic mass is 35.5. The molecular weight excluding hydrogens is 395 g/mol. The van der Waals surface area contributed by atoms with E-state index < -0.39 is 10.8 Å². The van der Waals surface area contributed by atoms with Crippen LogP contribution in [0, 0.1) is 10.1 Å². The Labute approximate surface area is 164 Å². The van der Waals surface area contributed by atoms with Crippen LogP contribution in [0.3, 0.4) is 0 Å². The van der Waals surface area contributed by atoms with Crippen LogP contribution in [0.5, 0.6) is 0 Å². The Kier molecular flexibility index (Phi) is 6.75. The number of hydrazine groups is 1. The zero-order valence-corrected chi connectivity index (χ0v) is 15.3. The van der Waals surface area contributed by atoms with Crippen LogP contribution in [0.1, 0.15) is 16.8 Å². The third-order valence-corrected chi connectivity index (χ3v) is 3.82. The lowest BCUT2D eigenvalue weighted by Crippen LogP contribution is -2.37. The van der Waals surface area contributed by atoms with Gasteiger partial charge in [-0.05, 0) is 36.4 Å². The standard InChI is InChI=1S/C17H14Cl2N4O4/c1-10(8-16(24)20-13-5-3-12(18)4-6-13)21-22-17(25)11-2-7-15(23(26)27)14(19)9-11/h2-7,9,21H,1,8H2,(H,20,24)(H,22,25). The van der Waals surface area contributed by atoms with Crippen LogP contribution in [0.25, 0.3) is 0 Å². The van der Waals surface area contributed by atoms with Crippen molar-refractivity contribution in [1.29, 1.82) is 0 Å². The third kappa shape index (κ3) is 5.98. The number of rotatable bonds is 7. The van der Waals surface area contributed by atoms with Gasteiger partial charge in [0.15, 0.2) is 0 Å². The number of amides is 2. The molecule has 0 unspecified atom stereocenters. The maximum Gasteiger partial charge on any atom is 0.287 e. The van der Waals surface area contributed by atoms with E-state index >= 15 is 0 Å². The van der Waals surface area contributed by atoms with Gasteiger partial charge in [-0.2, -0.15) is 0 Å². The fourth-order valence-electron chi connectivity index (χ4n) is 1.99. The first kappa shape index (κ1) is 20.2. The second kappa shape index (κ2) is 9.02. The van der Waals surface area contributed by atoms with E-state index in [9.17, 15) is 19.7 Å². The van der Waals surface area contributed by atoms with Crippen molar-refractivity contribution in [2.24, 2.45) is 0 Å². The molecule has 0 heterocycles. The van der Waals surface area contributed by atoms with Crippen LogP contribution in [-0.2, 0) is 4.79 Å². The average molecular weight is 409 g/mol. The average Bonchev–Trinajstić information content (AvgIpc) is 2.61. The van der Waals surface area contributed by atoms with Gasteiger partial charge in [0.2, 0.25) is 5.91 Å². The SMILES string of the molecule is C=C(CC(=O)Nc1ccc(Cl)cc1)NNC(=O)c1ccc([N+](=O)[O-])c(Cl)c1. The summed E-state index contributed by atoms with van der Waals surface area (Å²) in [6.45, 7) is 3.65. The number of hydrogen-bond donors (Lipinski definition) is 3. The first-order valence-corrected chi connectivity index (χ1v) is 8.25. The number of anilines is 1. The van der Waals surface area contributed by atoms with E-state index in [0.29, 0.717) is 10.7 Å². The summed E-state index contributed by atoms with van der Waals surface area (Å²) in [6.07, 6.45) is -0.0933. The lowest BCUT2D eigenvalue weighted by atomic mass is 10.2. The molecule has 0 aromatic heterocycles. The van der Waals surface area contributed by atoms with Crippen LogP contribution >= 0.6 is 23.2 Å². The van der Waals surface area contributed by atoms with E-state index in [1.54, 1.807) is 24.3 Å². The molecule has 0 fully saturated rings. The van der Waals surface area contributed by atoms with Gasteiger partial charge in [0.1, 0.15) is 5.02 Å². The predicted octanol–water partition coefficient (Wildman–Crippen LogP) is 3.68. The number of benzene rings is 2. The van der Waals surface area contributed by atoms with E-state index in [-0.39, 0.29) is 34.3 Å². The number of hydrogen-bond acceptors (Lipinski definition) is 5. The van der Waals surface area contributed by atoms with Crippen LogP contribution in [0.4, 0.5) is 11.4 Å². The Morgan fingerprint density at radius 1 is 1.07 bits per heavy atom. The fourth-order valence-corrected chi connectivity index (χ4v) is 2.37. The number of nitro benzene ring substituents is 1. The molecule has 27 heavy (non-hydrogen) atoms. The second-order valence-corrected chi connectivity index (χ2v) is 6.18. The molecule has 0 bridgehead atoms. The summed E-state index contributed by atoms with van der Waals surface area (Å²) >= 11 is 11.5. The lowest BCUT2D eigenvalue weighted by Gasteiger charge is -2.11. The van der Waals surface area contributed by atoms with E-state index in [2.05, 4.69) is 22.7 Å². The zero-order valence-electron chi connectivity index (χ0n) is 13.8. The molecule has 0 saturated carbocycles. The minimum absolute atomic E-state index is 0.0933. The molecule has 2 amide bonds. The van der Waals surface area contributed by atoms with Gasteiger partial charge in [-0.3, -0.25) is 25.1 Å². The summed E-state index contributed by atoms with van der Waals surface area (Å²) in [5.41, 5.74) is 5.46. The molecule has 10 heteroatoms. The van der Waals surface area contributed by atoms with Crippen molar-refractivity contribution < 1.29 is 14.5 Å². The van der Waals surface area contributed by atoms with Gasteiger partial charge in [-0.25, -0.2) is 0 Å². The van der Waals surface area contributed by atoms with Crippen molar-refractivity contribution in [3.05, 3.63) is 80.5 Å². The van der Waals surface area contributed by atoms with Crippen molar-refractivity contribution in [1.82, 2.24) is 10.9 Å². The number of carbonyl (C=O) groups excluding carboxylic acids is 2. The topological polar surface area (TPSA) is 113 Å². The lowest BCUT2D eigenvalue weighted by molar-refractivity contribution is -0.384. The molecule has 0 spiro atoms. The Balaban J connectivity index is 1.84. The minimum Gasteiger partial charge on any atom is -0.326 e. The molecule has 2 aromatic rings. The number of nitro groups is 1. The summed E-state index contributed by atoms with van der Waals surface area (Å²) in [5, 5.41) is 13.8. The molecule has 2 rings (SSSR count). The quantitative estimate of drug-likeness (QED) is 0.477. The van der Waals surface area contributed by atoms with Crippen molar-refractivity contribution in [3.8, 4) is 0 Å². The fraction of sp³-hybridized carbons (Fsp3) is 0.0588. The van der Waals surface area contributed by atoms with Gasteiger partial charge in [0.25, 0.3) is 11.6 Å². The van der Waals surface area contributed by atoms with Gasteiger partial charge >= 0.3 is 0 Å². The normalized spacial score (nSPS) is 10.0. The van der Waals surface area contributed by atoms with Gasteiger partial charge in [-0.1, -0.05) is 29.8 Å². The van der Waals surface area contributed by atoms with Crippen molar-refractivity contribution in [2.45, 2.75) is 6.42 Å². The number of halogens is 2. The Morgan fingerprint density at radius 3 is 2.33 bits per heavy atom. The molecular formula is C17H14Cl2N4O4. The zero-order chi connectivity index (χ0) is 20.0. The van der Waals surface area contributed by atoms with E-state index in [1.807, 2.05) is 0 Å². The molecule has 0 aliphatic carbocycles. The van der Waals surface area contributed by atoms with Gasteiger partial charge in [0.05, 0.1) is 11.3 Å². The Morgan fingerprint density at radius 2 is 1.74 bits per heavy atom. The maximum atomic E-state index is 12.0. The highest BCUT2D eigenvalue weighted by molar-refractivity contribution is 6.33. The van der Waals surface area contributed by atoms with Crippen LogP contribution in [0.15, 0.2) is 54.7 Å². The molecule has 0 aliphatic rings. The number of carbonyl (C=O) groups is 2. The predicted molar refractivity (Wildman–Crippen MR) is 103 cm³/mol. The highest BCUT2D eigenvalue weighted by Crippen LogP contribution is 2.24. The summed E-state index contributed by atoms with van der Waals surface area (Å²) in [5.74, 6) is -0.937. The van der Waals surface area contributed by atoms with Gasteiger partial charge in [0, 0.05) is 28.0 Å². The summed E-state index contributed by atoms with van der Waals surface area (Å²) in [4.78, 5) is 34.0. The van der Waals surface area contributed by atoms with Crippen molar-refractivity contribution >= 4 is 46.4 Å². The molecule has 2 aromatic carbocycles. The largest absolute Gasteiger partial charge is 0.326 e. The molecule has 0 saturated heterocycles. The molecule has 0 radical (unpaired) electrons. The maximum absolute atomic E-state index is 12.0. The van der Waals surface area contributed by atoms with E-state index in [0.717, 1.165) is 6.07 Å².